The summed E-state index contributed by atoms with van der Waals surface area (Å²) < 4.78 is 0. The van der Waals surface area contributed by atoms with Gasteiger partial charge in [-0.2, -0.15) is 0 Å². The van der Waals surface area contributed by atoms with Crippen LogP contribution in [0.3, 0.4) is 0 Å². The lowest BCUT2D eigenvalue weighted by Gasteiger charge is -2.04. The predicted molar refractivity (Wildman–Crippen MR) is 41.7 cm³/mol. The maximum Gasteiger partial charge on any atom is -0.0286 e. The quantitative estimate of drug-likeness (QED) is 0.447. The summed E-state index contributed by atoms with van der Waals surface area (Å²) in [6.07, 6.45) is 9.05. The predicted octanol–water partition coefficient (Wildman–Crippen LogP) is 2.90. The van der Waals surface area contributed by atoms with Crippen LogP contribution in [0.4, 0.5) is 0 Å². The summed E-state index contributed by atoms with van der Waals surface area (Å²) in [5, 5.41) is 0. The molecule has 54 valence electrons. The summed E-state index contributed by atoms with van der Waals surface area (Å²) in [5.74, 6) is 2.19. The van der Waals surface area contributed by atoms with Gasteiger partial charge >= 0.3 is 0 Å². The van der Waals surface area contributed by atoms with Crippen molar-refractivity contribution in [3.8, 4) is 0 Å². The zero-order valence-corrected chi connectivity index (χ0v) is 6.40. The van der Waals surface area contributed by atoms with E-state index in [0.717, 1.165) is 11.8 Å². The van der Waals surface area contributed by atoms with Crippen LogP contribution < -0.4 is 0 Å². The average molecular weight is 134 g/mol. The highest BCUT2D eigenvalue weighted by Crippen LogP contribution is 2.51. The molecule has 0 N–H and O–H groups in total. The lowest BCUT2D eigenvalue weighted by Crippen LogP contribution is -1.91. The van der Waals surface area contributed by atoms with Crippen LogP contribution in [0.15, 0.2) is 11.1 Å². The first-order valence-corrected chi connectivity index (χ1v) is 4.61. The highest BCUT2D eigenvalue weighted by molar-refractivity contribution is 5.28. The zero-order valence-electron chi connectivity index (χ0n) is 6.40. The molecule has 0 heteroatoms. The largest absolute Gasteiger partial charge is 0.0704 e. The molecule has 0 amide bonds. The summed E-state index contributed by atoms with van der Waals surface area (Å²) in [6, 6.07) is 0. The maximum atomic E-state index is 1.88. The van der Waals surface area contributed by atoms with E-state index in [2.05, 4.69) is 0 Å². The van der Waals surface area contributed by atoms with Crippen LogP contribution >= 0.6 is 0 Å². The van der Waals surface area contributed by atoms with Crippen molar-refractivity contribution in [2.24, 2.45) is 11.8 Å². The topological polar surface area (TPSA) is 0 Å². The molecular weight excluding hydrogens is 120 g/mol. The molecule has 4 aliphatic carbocycles. The van der Waals surface area contributed by atoms with Gasteiger partial charge in [-0.25, -0.2) is 0 Å². The molecule has 0 saturated heterocycles. The fourth-order valence-electron chi connectivity index (χ4n) is 3.16. The Morgan fingerprint density at radius 1 is 0.700 bits per heavy atom. The Labute approximate surface area is 62.3 Å². The Hall–Kier alpha value is -0.260. The standard InChI is InChI=1S/C10H14/c1-2-8-5-9-3-7(1)4-10(9)6-8/h7-8H,1-6H2. The lowest BCUT2D eigenvalue weighted by molar-refractivity contribution is 0.476. The minimum Gasteiger partial charge on any atom is -0.0704 e. The molecule has 0 radical (unpaired) electrons. The van der Waals surface area contributed by atoms with E-state index >= 15 is 0 Å². The van der Waals surface area contributed by atoms with E-state index in [1.807, 2.05) is 11.1 Å². The number of hydrogen-bond acceptors (Lipinski definition) is 0. The summed E-state index contributed by atoms with van der Waals surface area (Å²) in [7, 11) is 0. The van der Waals surface area contributed by atoms with Crippen molar-refractivity contribution >= 4 is 0 Å². The van der Waals surface area contributed by atoms with Crippen molar-refractivity contribution in [2.45, 2.75) is 38.5 Å². The molecule has 4 aliphatic rings. The third kappa shape index (κ3) is 0.574. The molecule has 0 nitrogen and oxygen atoms in total. The van der Waals surface area contributed by atoms with Gasteiger partial charge < -0.3 is 0 Å². The third-order valence-corrected chi connectivity index (χ3v) is 3.62. The minimum atomic E-state index is 1.09. The van der Waals surface area contributed by atoms with Crippen LogP contribution in [0, 0.1) is 11.8 Å². The second kappa shape index (κ2) is 1.66. The van der Waals surface area contributed by atoms with E-state index in [1.165, 1.54) is 38.5 Å². The number of rotatable bonds is 0. The van der Waals surface area contributed by atoms with Crippen LogP contribution in [-0.2, 0) is 0 Å². The van der Waals surface area contributed by atoms with Gasteiger partial charge in [-0.1, -0.05) is 11.1 Å². The van der Waals surface area contributed by atoms with E-state index in [9.17, 15) is 0 Å². The second-order valence-corrected chi connectivity index (χ2v) is 4.33. The molecule has 2 saturated carbocycles. The van der Waals surface area contributed by atoms with Gasteiger partial charge in [0.15, 0.2) is 0 Å². The summed E-state index contributed by atoms with van der Waals surface area (Å²) in [4.78, 5) is 0. The van der Waals surface area contributed by atoms with Crippen molar-refractivity contribution in [1.29, 1.82) is 0 Å². The van der Waals surface area contributed by atoms with Gasteiger partial charge in [0, 0.05) is 0 Å². The van der Waals surface area contributed by atoms with E-state index < -0.39 is 0 Å². The molecule has 4 bridgehead atoms. The summed E-state index contributed by atoms with van der Waals surface area (Å²) >= 11 is 0. The van der Waals surface area contributed by atoms with E-state index in [1.54, 1.807) is 0 Å². The SMILES string of the molecule is C1CC2CC3=C(CC1C3)C2. The molecule has 0 atom stereocenters. The van der Waals surface area contributed by atoms with Gasteiger partial charge in [-0.15, -0.1) is 0 Å². The van der Waals surface area contributed by atoms with E-state index in [0.29, 0.717) is 0 Å². The monoisotopic (exact) mass is 134 g/mol. The zero-order chi connectivity index (χ0) is 6.55. The molecule has 0 aromatic rings. The molecule has 10 heavy (non-hydrogen) atoms. The Bertz CT molecular complexity index is 162. The first kappa shape index (κ1) is 5.40. The normalized spacial score (nSPS) is 43.2. The molecule has 0 spiro atoms. The maximum absolute atomic E-state index is 1.88. The van der Waals surface area contributed by atoms with E-state index in [-0.39, 0.29) is 0 Å². The number of allylic oxidation sites excluding steroid dienone is 2. The van der Waals surface area contributed by atoms with Gasteiger partial charge in [0.25, 0.3) is 0 Å². The first-order valence-electron chi connectivity index (χ1n) is 4.61. The smallest absolute Gasteiger partial charge is 0.0286 e. The van der Waals surface area contributed by atoms with Crippen LogP contribution in [0.1, 0.15) is 38.5 Å². The molecule has 0 aliphatic heterocycles. The Morgan fingerprint density at radius 2 is 1.10 bits per heavy atom. The fourth-order valence-corrected chi connectivity index (χ4v) is 3.16. The molecule has 0 aromatic carbocycles. The highest BCUT2D eigenvalue weighted by atomic mass is 14.4. The van der Waals surface area contributed by atoms with E-state index in [4.69, 9.17) is 0 Å². The minimum absolute atomic E-state index is 1.09. The molecule has 0 unspecified atom stereocenters. The molecule has 0 aromatic heterocycles. The van der Waals surface area contributed by atoms with Crippen LogP contribution in [-0.4, -0.2) is 0 Å². The molecular formula is C10H14. The summed E-state index contributed by atoms with van der Waals surface area (Å²) in [6.45, 7) is 0. The number of fused-ring (bicyclic) bond motifs is 1. The molecule has 0 heterocycles. The molecule has 2 fully saturated rings. The molecule has 4 rings (SSSR count). The summed E-state index contributed by atoms with van der Waals surface area (Å²) in [5.41, 5.74) is 3.76. The third-order valence-electron chi connectivity index (χ3n) is 3.62. The first-order chi connectivity index (χ1) is 4.92. The fraction of sp³-hybridized carbons (Fsp3) is 0.800. The van der Waals surface area contributed by atoms with Gasteiger partial charge in [0.05, 0.1) is 0 Å². The van der Waals surface area contributed by atoms with Gasteiger partial charge in [-0.05, 0) is 50.4 Å². The Balaban J connectivity index is 2.04. The highest BCUT2D eigenvalue weighted by Gasteiger charge is 2.35. The van der Waals surface area contributed by atoms with Gasteiger partial charge in [0.1, 0.15) is 0 Å². The van der Waals surface area contributed by atoms with Crippen molar-refractivity contribution in [2.75, 3.05) is 0 Å². The number of hydrogen-bond donors (Lipinski definition) is 0. The van der Waals surface area contributed by atoms with Crippen molar-refractivity contribution < 1.29 is 0 Å². The second-order valence-electron chi connectivity index (χ2n) is 4.33. The van der Waals surface area contributed by atoms with Crippen LogP contribution in [0.25, 0.3) is 0 Å². The van der Waals surface area contributed by atoms with Gasteiger partial charge in [-0.3, -0.25) is 0 Å². The van der Waals surface area contributed by atoms with Crippen LogP contribution in [0.5, 0.6) is 0 Å². The van der Waals surface area contributed by atoms with Crippen molar-refractivity contribution in [3.63, 3.8) is 0 Å². The average Bonchev–Trinajstić information content (AvgIpc) is 2.15. The van der Waals surface area contributed by atoms with Crippen LogP contribution in [0.2, 0.25) is 0 Å². The van der Waals surface area contributed by atoms with Crippen molar-refractivity contribution in [1.82, 2.24) is 0 Å². The Morgan fingerprint density at radius 3 is 1.50 bits per heavy atom. The lowest BCUT2D eigenvalue weighted by atomic mass is 10.0. The Kier molecular flexibility index (Phi) is 0.898. The van der Waals surface area contributed by atoms with Crippen molar-refractivity contribution in [3.05, 3.63) is 11.1 Å². The van der Waals surface area contributed by atoms with Gasteiger partial charge in [0.2, 0.25) is 0 Å².